The SMILES string of the molecule is CCCNC(c1cccc(OC)c1)c1ccc(Cl)cc1F. The lowest BCUT2D eigenvalue weighted by atomic mass is 9.97. The van der Waals surface area contributed by atoms with Crippen molar-refractivity contribution in [2.75, 3.05) is 13.7 Å². The highest BCUT2D eigenvalue weighted by atomic mass is 35.5. The summed E-state index contributed by atoms with van der Waals surface area (Å²) < 4.78 is 19.5. The zero-order valence-electron chi connectivity index (χ0n) is 12.2. The second kappa shape index (κ2) is 7.43. The maximum Gasteiger partial charge on any atom is 0.129 e. The van der Waals surface area contributed by atoms with E-state index in [1.54, 1.807) is 19.2 Å². The van der Waals surface area contributed by atoms with Crippen LogP contribution in [0.1, 0.15) is 30.5 Å². The van der Waals surface area contributed by atoms with Gasteiger partial charge in [-0.1, -0.05) is 36.7 Å². The summed E-state index contributed by atoms with van der Waals surface area (Å²) >= 11 is 5.84. The van der Waals surface area contributed by atoms with Crippen LogP contribution in [0.5, 0.6) is 5.75 Å². The van der Waals surface area contributed by atoms with Gasteiger partial charge in [0.2, 0.25) is 0 Å². The summed E-state index contributed by atoms with van der Waals surface area (Å²) in [7, 11) is 1.62. The Labute approximate surface area is 129 Å². The minimum absolute atomic E-state index is 0.225. The van der Waals surface area contributed by atoms with Gasteiger partial charge in [-0.2, -0.15) is 0 Å². The molecule has 0 spiro atoms. The molecule has 4 heteroatoms. The molecular formula is C17H19ClFNO. The van der Waals surface area contributed by atoms with Crippen molar-refractivity contribution in [2.45, 2.75) is 19.4 Å². The van der Waals surface area contributed by atoms with Gasteiger partial charge in [-0.3, -0.25) is 0 Å². The van der Waals surface area contributed by atoms with Gasteiger partial charge in [0.1, 0.15) is 11.6 Å². The summed E-state index contributed by atoms with van der Waals surface area (Å²) in [5.74, 6) is 0.448. The molecule has 0 radical (unpaired) electrons. The summed E-state index contributed by atoms with van der Waals surface area (Å²) in [5.41, 5.74) is 1.55. The lowest BCUT2D eigenvalue weighted by Gasteiger charge is -2.21. The third-order valence-corrected chi connectivity index (χ3v) is 3.53. The highest BCUT2D eigenvalue weighted by molar-refractivity contribution is 6.30. The van der Waals surface area contributed by atoms with Crippen LogP contribution in [0, 0.1) is 5.82 Å². The molecule has 112 valence electrons. The van der Waals surface area contributed by atoms with Crippen LogP contribution >= 0.6 is 11.6 Å². The highest BCUT2D eigenvalue weighted by Crippen LogP contribution is 2.28. The van der Waals surface area contributed by atoms with Crippen molar-refractivity contribution in [2.24, 2.45) is 0 Å². The van der Waals surface area contributed by atoms with E-state index < -0.39 is 0 Å². The van der Waals surface area contributed by atoms with Gasteiger partial charge in [0.15, 0.2) is 0 Å². The third-order valence-electron chi connectivity index (χ3n) is 3.30. The minimum atomic E-state index is -0.307. The lowest BCUT2D eigenvalue weighted by molar-refractivity contribution is 0.413. The Morgan fingerprint density at radius 2 is 2.05 bits per heavy atom. The van der Waals surface area contributed by atoms with Crippen LogP contribution < -0.4 is 10.1 Å². The largest absolute Gasteiger partial charge is 0.497 e. The predicted octanol–water partition coefficient (Wildman–Crippen LogP) is 4.58. The molecule has 0 saturated heterocycles. The van der Waals surface area contributed by atoms with E-state index in [0.29, 0.717) is 10.6 Å². The fourth-order valence-corrected chi connectivity index (χ4v) is 2.41. The fraction of sp³-hybridized carbons (Fsp3) is 0.294. The van der Waals surface area contributed by atoms with Crippen LogP contribution in [0.15, 0.2) is 42.5 Å². The lowest BCUT2D eigenvalue weighted by Crippen LogP contribution is -2.24. The second-order valence-electron chi connectivity index (χ2n) is 4.83. The quantitative estimate of drug-likeness (QED) is 0.843. The Hall–Kier alpha value is -1.58. The number of benzene rings is 2. The molecule has 0 aliphatic heterocycles. The minimum Gasteiger partial charge on any atom is -0.497 e. The Morgan fingerprint density at radius 1 is 1.24 bits per heavy atom. The standard InChI is InChI=1S/C17H19ClFNO/c1-3-9-20-17(12-5-4-6-14(10-12)21-2)15-8-7-13(18)11-16(15)19/h4-8,10-11,17,20H,3,9H2,1-2H3. The van der Waals surface area contributed by atoms with Crippen molar-refractivity contribution in [3.05, 3.63) is 64.4 Å². The first-order valence-electron chi connectivity index (χ1n) is 6.98. The van der Waals surface area contributed by atoms with E-state index >= 15 is 0 Å². The van der Waals surface area contributed by atoms with Crippen LogP contribution in [-0.4, -0.2) is 13.7 Å². The van der Waals surface area contributed by atoms with Gasteiger partial charge in [-0.15, -0.1) is 0 Å². The van der Waals surface area contributed by atoms with E-state index in [-0.39, 0.29) is 11.9 Å². The Bertz CT molecular complexity index is 603. The van der Waals surface area contributed by atoms with Crippen LogP contribution in [0.25, 0.3) is 0 Å². The summed E-state index contributed by atoms with van der Waals surface area (Å²) in [6.45, 7) is 2.87. The van der Waals surface area contributed by atoms with E-state index in [0.717, 1.165) is 24.3 Å². The molecule has 1 unspecified atom stereocenters. The highest BCUT2D eigenvalue weighted by Gasteiger charge is 2.18. The molecule has 0 aromatic heterocycles. The van der Waals surface area contributed by atoms with E-state index in [1.807, 2.05) is 24.3 Å². The Balaban J connectivity index is 2.41. The molecule has 2 aromatic carbocycles. The van der Waals surface area contributed by atoms with E-state index in [1.165, 1.54) is 6.07 Å². The number of nitrogens with one attached hydrogen (secondary N) is 1. The number of halogens is 2. The molecule has 2 aromatic rings. The zero-order chi connectivity index (χ0) is 15.2. The molecule has 0 aliphatic carbocycles. The molecule has 1 N–H and O–H groups in total. The molecule has 0 fully saturated rings. The van der Waals surface area contributed by atoms with E-state index in [9.17, 15) is 4.39 Å². The molecule has 0 saturated carbocycles. The van der Waals surface area contributed by atoms with Crippen LogP contribution in [0.2, 0.25) is 5.02 Å². The first-order valence-corrected chi connectivity index (χ1v) is 7.35. The molecule has 0 amide bonds. The first kappa shape index (κ1) is 15.8. The van der Waals surface area contributed by atoms with Gasteiger partial charge in [0, 0.05) is 10.6 Å². The molecule has 0 heterocycles. The number of methoxy groups -OCH3 is 1. The second-order valence-corrected chi connectivity index (χ2v) is 5.27. The first-order chi connectivity index (χ1) is 10.2. The topological polar surface area (TPSA) is 21.3 Å². The normalized spacial score (nSPS) is 12.2. The molecule has 2 nitrogen and oxygen atoms in total. The Morgan fingerprint density at radius 3 is 2.71 bits per heavy atom. The van der Waals surface area contributed by atoms with Crippen molar-refractivity contribution >= 4 is 11.6 Å². The average Bonchev–Trinajstić information content (AvgIpc) is 2.49. The van der Waals surface area contributed by atoms with Crippen LogP contribution in [-0.2, 0) is 0 Å². The third kappa shape index (κ3) is 3.96. The molecule has 1 atom stereocenters. The molecule has 0 bridgehead atoms. The van der Waals surface area contributed by atoms with Crippen molar-refractivity contribution in [1.29, 1.82) is 0 Å². The van der Waals surface area contributed by atoms with Crippen LogP contribution in [0.4, 0.5) is 4.39 Å². The fourth-order valence-electron chi connectivity index (χ4n) is 2.25. The molecule has 0 aliphatic rings. The van der Waals surface area contributed by atoms with Crippen molar-refractivity contribution in [3.8, 4) is 5.75 Å². The van der Waals surface area contributed by atoms with Crippen molar-refractivity contribution in [1.82, 2.24) is 5.32 Å². The number of hydrogen-bond acceptors (Lipinski definition) is 2. The zero-order valence-corrected chi connectivity index (χ0v) is 13.0. The monoisotopic (exact) mass is 307 g/mol. The van der Waals surface area contributed by atoms with Gasteiger partial charge in [0.05, 0.1) is 13.2 Å². The summed E-state index contributed by atoms with van der Waals surface area (Å²) in [6.07, 6.45) is 0.968. The number of rotatable bonds is 6. The molecule has 21 heavy (non-hydrogen) atoms. The van der Waals surface area contributed by atoms with Crippen LogP contribution in [0.3, 0.4) is 0 Å². The van der Waals surface area contributed by atoms with Gasteiger partial charge in [-0.25, -0.2) is 4.39 Å². The van der Waals surface area contributed by atoms with Gasteiger partial charge in [0.25, 0.3) is 0 Å². The van der Waals surface area contributed by atoms with E-state index in [2.05, 4.69) is 12.2 Å². The maximum atomic E-state index is 14.2. The molecular weight excluding hydrogens is 289 g/mol. The van der Waals surface area contributed by atoms with Gasteiger partial charge < -0.3 is 10.1 Å². The van der Waals surface area contributed by atoms with Gasteiger partial charge in [-0.05, 0) is 42.8 Å². The van der Waals surface area contributed by atoms with Gasteiger partial charge >= 0.3 is 0 Å². The number of ether oxygens (including phenoxy) is 1. The Kier molecular flexibility index (Phi) is 5.59. The van der Waals surface area contributed by atoms with E-state index in [4.69, 9.17) is 16.3 Å². The summed E-state index contributed by atoms with van der Waals surface area (Å²) in [4.78, 5) is 0. The maximum absolute atomic E-state index is 14.2. The smallest absolute Gasteiger partial charge is 0.129 e. The van der Waals surface area contributed by atoms with Crippen molar-refractivity contribution in [3.63, 3.8) is 0 Å². The number of hydrogen-bond donors (Lipinski definition) is 1. The summed E-state index contributed by atoms with van der Waals surface area (Å²) in [6, 6.07) is 12.2. The molecule has 2 rings (SSSR count). The predicted molar refractivity (Wildman–Crippen MR) is 84.5 cm³/mol. The summed E-state index contributed by atoms with van der Waals surface area (Å²) in [5, 5.41) is 3.77. The van der Waals surface area contributed by atoms with Crippen molar-refractivity contribution < 1.29 is 9.13 Å². The average molecular weight is 308 g/mol.